The summed E-state index contributed by atoms with van der Waals surface area (Å²) in [6, 6.07) is 23.7. The molecule has 1 amide bonds. The third-order valence-electron chi connectivity index (χ3n) is 6.40. The van der Waals surface area contributed by atoms with E-state index in [4.69, 9.17) is 4.74 Å². The maximum Gasteiger partial charge on any atom is 0.338 e. The molecule has 0 saturated heterocycles. The highest BCUT2D eigenvalue weighted by atomic mass is 16.5. The number of aromatic nitrogens is 1. The molecule has 4 aromatic rings. The number of ether oxygens (including phenoxy) is 1. The van der Waals surface area contributed by atoms with Gasteiger partial charge >= 0.3 is 5.97 Å². The highest BCUT2D eigenvalue weighted by molar-refractivity contribution is 5.99. The Hall–Kier alpha value is -3.99. The van der Waals surface area contributed by atoms with Crippen LogP contribution in [0.4, 0.5) is 0 Å². The molecule has 0 spiro atoms. The zero-order valence-electron chi connectivity index (χ0n) is 19.0. The number of carbonyl (C=O) groups excluding carboxylic acids is 2. The van der Waals surface area contributed by atoms with Gasteiger partial charge in [-0.05, 0) is 65.1 Å². The second-order valence-corrected chi connectivity index (χ2v) is 8.57. The zero-order valence-corrected chi connectivity index (χ0v) is 19.0. The molecule has 2 atom stereocenters. The van der Waals surface area contributed by atoms with Crippen molar-refractivity contribution in [3.63, 3.8) is 0 Å². The van der Waals surface area contributed by atoms with E-state index < -0.39 is 0 Å². The average molecular weight is 451 g/mol. The summed E-state index contributed by atoms with van der Waals surface area (Å²) in [6.45, 7) is 2.58. The third kappa shape index (κ3) is 4.42. The number of hydrogen-bond acceptors (Lipinski definition) is 4. The van der Waals surface area contributed by atoms with Gasteiger partial charge in [0, 0.05) is 30.2 Å². The van der Waals surface area contributed by atoms with Crippen LogP contribution in [-0.2, 0) is 16.1 Å². The van der Waals surface area contributed by atoms with Gasteiger partial charge in [0.15, 0.2) is 0 Å². The van der Waals surface area contributed by atoms with E-state index in [1.807, 2.05) is 60.8 Å². The van der Waals surface area contributed by atoms with Crippen LogP contribution in [0.5, 0.6) is 0 Å². The fraction of sp³-hybridized carbons (Fsp3) is 0.207. The van der Waals surface area contributed by atoms with E-state index in [1.165, 1.54) is 5.56 Å². The smallest absolute Gasteiger partial charge is 0.338 e. The minimum absolute atomic E-state index is 0.0386. The van der Waals surface area contributed by atoms with E-state index >= 15 is 0 Å². The minimum Gasteiger partial charge on any atom is -0.462 e. The van der Waals surface area contributed by atoms with Gasteiger partial charge in [0.2, 0.25) is 5.91 Å². The predicted molar refractivity (Wildman–Crippen MR) is 132 cm³/mol. The Labute approximate surface area is 198 Å². The number of rotatable bonds is 7. The topological polar surface area (TPSA) is 68.3 Å². The molecule has 1 N–H and O–H groups in total. The Morgan fingerprint density at radius 2 is 1.85 bits per heavy atom. The van der Waals surface area contributed by atoms with Crippen molar-refractivity contribution in [3.05, 3.63) is 102 Å². The summed E-state index contributed by atoms with van der Waals surface area (Å²) in [5.41, 5.74) is 4.70. The Kier molecular flexibility index (Phi) is 6.09. The molecule has 1 saturated carbocycles. The van der Waals surface area contributed by atoms with Crippen molar-refractivity contribution in [2.45, 2.75) is 25.8 Å². The molecule has 1 aromatic heterocycles. The van der Waals surface area contributed by atoms with Gasteiger partial charge in [0.05, 0.1) is 12.2 Å². The molecule has 1 aliphatic carbocycles. The SMILES string of the molecule is CCOC(=O)c1cccc(-c2ccc(CNC(=O)C3CC3c3ccccc3)c3cnccc23)c1. The first-order valence-corrected chi connectivity index (χ1v) is 11.6. The van der Waals surface area contributed by atoms with Crippen molar-refractivity contribution in [3.8, 4) is 11.1 Å². The molecule has 170 valence electrons. The first-order valence-electron chi connectivity index (χ1n) is 11.6. The van der Waals surface area contributed by atoms with E-state index in [2.05, 4.69) is 22.4 Å². The molecule has 0 bridgehead atoms. The Balaban J connectivity index is 1.36. The van der Waals surface area contributed by atoms with Crippen LogP contribution < -0.4 is 5.32 Å². The normalized spacial score (nSPS) is 16.7. The molecule has 0 radical (unpaired) electrons. The van der Waals surface area contributed by atoms with Gasteiger partial charge in [-0.1, -0.05) is 54.6 Å². The number of esters is 1. The molecule has 3 aromatic carbocycles. The lowest BCUT2D eigenvalue weighted by molar-refractivity contribution is -0.122. The van der Waals surface area contributed by atoms with Gasteiger partial charge in [-0.3, -0.25) is 9.78 Å². The number of fused-ring (bicyclic) bond motifs is 1. The number of benzene rings is 3. The predicted octanol–water partition coefficient (Wildman–Crippen LogP) is 5.50. The van der Waals surface area contributed by atoms with Crippen LogP contribution in [0.1, 0.15) is 40.7 Å². The van der Waals surface area contributed by atoms with Crippen molar-refractivity contribution in [2.75, 3.05) is 6.61 Å². The van der Waals surface area contributed by atoms with Crippen LogP contribution in [0.15, 0.2) is 85.2 Å². The first kappa shape index (κ1) is 21.8. The fourth-order valence-corrected chi connectivity index (χ4v) is 4.55. The van der Waals surface area contributed by atoms with E-state index in [-0.39, 0.29) is 17.8 Å². The van der Waals surface area contributed by atoms with Gasteiger partial charge < -0.3 is 10.1 Å². The van der Waals surface area contributed by atoms with Crippen LogP contribution in [0.2, 0.25) is 0 Å². The van der Waals surface area contributed by atoms with Crippen LogP contribution in [0.25, 0.3) is 21.9 Å². The average Bonchev–Trinajstić information content (AvgIpc) is 3.69. The van der Waals surface area contributed by atoms with Crippen molar-refractivity contribution >= 4 is 22.6 Å². The Morgan fingerprint density at radius 1 is 1.00 bits per heavy atom. The number of carbonyl (C=O) groups is 2. The van der Waals surface area contributed by atoms with Crippen molar-refractivity contribution in [2.24, 2.45) is 5.92 Å². The van der Waals surface area contributed by atoms with Gasteiger partial charge in [-0.25, -0.2) is 4.79 Å². The molecule has 1 aliphatic rings. The van der Waals surface area contributed by atoms with Crippen LogP contribution in [0, 0.1) is 5.92 Å². The zero-order chi connectivity index (χ0) is 23.5. The molecule has 34 heavy (non-hydrogen) atoms. The number of pyridine rings is 1. The highest BCUT2D eigenvalue weighted by Crippen LogP contribution is 2.47. The van der Waals surface area contributed by atoms with Crippen molar-refractivity contribution in [1.29, 1.82) is 0 Å². The van der Waals surface area contributed by atoms with Crippen molar-refractivity contribution < 1.29 is 14.3 Å². The van der Waals surface area contributed by atoms with Gasteiger partial charge in [-0.2, -0.15) is 0 Å². The first-order chi connectivity index (χ1) is 16.7. The quantitative estimate of drug-likeness (QED) is 0.378. The molecular formula is C29H26N2O3. The lowest BCUT2D eigenvalue weighted by Crippen LogP contribution is -2.25. The van der Waals surface area contributed by atoms with Gasteiger partial charge in [0.25, 0.3) is 0 Å². The van der Waals surface area contributed by atoms with Gasteiger partial charge in [0.1, 0.15) is 0 Å². The second-order valence-electron chi connectivity index (χ2n) is 8.57. The Morgan fingerprint density at radius 3 is 2.68 bits per heavy atom. The minimum atomic E-state index is -0.330. The molecular weight excluding hydrogens is 424 g/mol. The highest BCUT2D eigenvalue weighted by Gasteiger charge is 2.43. The summed E-state index contributed by atoms with van der Waals surface area (Å²) in [4.78, 5) is 29.3. The number of hydrogen-bond donors (Lipinski definition) is 1. The van der Waals surface area contributed by atoms with Crippen LogP contribution in [-0.4, -0.2) is 23.5 Å². The molecule has 5 heteroatoms. The van der Waals surface area contributed by atoms with E-state index in [1.54, 1.807) is 19.2 Å². The molecule has 0 aliphatic heterocycles. The van der Waals surface area contributed by atoms with E-state index in [9.17, 15) is 9.59 Å². The molecule has 5 nitrogen and oxygen atoms in total. The van der Waals surface area contributed by atoms with E-state index in [0.717, 1.165) is 33.9 Å². The maximum absolute atomic E-state index is 12.8. The summed E-state index contributed by atoms with van der Waals surface area (Å²) in [5, 5.41) is 5.13. The van der Waals surface area contributed by atoms with E-state index in [0.29, 0.717) is 24.6 Å². The molecule has 1 heterocycles. The lowest BCUT2D eigenvalue weighted by atomic mass is 9.95. The summed E-state index contributed by atoms with van der Waals surface area (Å²) in [5.74, 6) is 0.117. The summed E-state index contributed by atoms with van der Waals surface area (Å²) >= 11 is 0. The third-order valence-corrected chi connectivity index (χ3v) is 6.40. The summed E-state index contributed by atoms with van der Waals surface area (Å²) in [6.07, 6.45) is 4.49. The number of nitrogens with zero attached hydrogens (tertiary/aromatic N) is 1. The monoisotopic (exact) mass is 450 g/mol. The second kappa shape index (κ2) is 9.48. The molecule has 2 unspecified atom stereocenters. The summed E-state index contributed by atoms with van der Waals surface area (Å²) < 4.78 is 5.15. The fourth-order valence-electron chi connectivity index (χ4n) is 4.55. The number of nitrogens with one attached hydrogen (secondary N) is 1. The van der Waals surface area contributed by atoms with Crippen LogP contribution >= 0.6 is 0 Å². The summed E-state index contributed by atoms with van der Waals surface area (Å²) in [7, 11) is 0. The standard InChI is InChI=1S/C29H26N2O3/c1-2-34-29(33)21-10-6-9-20(15-21)23-12-11-22(27-18-30-14-13-24(23)27)17-31-28(32)26-16-25(26)19-7-4-3-5-8-19/h3-15,18,25-26H,2,16-17H2,1H3,(H,31,32). The molecule has 5 rings (SSSR count). The Bertz CT molecular complexity index is 1350. The lowest BCUT2D eigenvalue weighted by Gasteiger charge is -2.13. The largest absolute Gasteiger partial charge is 0.462 e. The van der Waals surface area contributed by atoms with Crippen molar-refractivity contribution in [1.82, 2.24) is 10.3 Å². The molecule has 1 fully saturated rings. The maximum atomic E-state index is 12.8. The number of amides is 1. The van der Waals surface area contributed by atoms with Gasteiger partial charge in [-0.15, -0.1) is 0 Å². The van der Waals surface area contributed by atoms with Crippen LogP contribution in [0.3, 0.4) is 0 Å².